The van der Waals surface area contributed by atoms with Gasteiger partial charge in [-0.25, -0.2) is 0 Å². The number of nitro groups is 1. The van der Waals surface area contributed by atoms with Gasteiger partial charge in [-0.15, -0.1) is 0 Å². The number of non-ortho nitro benzene ring substituents is 1. The summed E-state index contributed by atoms with van der Waals surface area (Å²) < 4.78 is 4.97. The minimum atomic E-state index is -0.489. The van der Waals surface area contributed by atoms with E-state index < -0.39 is 4.92 Å². The van der Waals surface area contributed by atoms with Crippen molar-refractivity contribution in [2.75, 3.05) is 19.0 Å². The number of nitrogens with one attached hydrogen (secondary N) is 1. The maximum absolute atomic E-state index is 10.7. The topological polar surface area (TPSA) is 107 Å². The molecule has 0 fully saturated rings. The number of nitrogens with zero attached hydrogens (tertiary/aromatic N) is 1. The Labute approximate surface area is 104 Å². The molecule has 1 aromatic carbocycles. The zero-order valence-corrected chi connectivity index (χ0v) is 10.0. The predicted octanol–water partition coefficient (Wildman–Crippen LogP) is 1.28. The Morgan fingerprint density at radius 2 is 2.22 bits per heavy atom. The van der Waals surface area contributed by atoms with Crippen molar-refractivity contribution in [1.82, 2.24) is 0 Å². The Kier molecular flexibility index (Phi) is 4.91. The molecule has 0 aliphatic carbocycles. The highest BCUT2D eigenvalue weighted by Crippen LogP contribution is 2.25. The Morgan fingerprint density at radius 1 is 1.50 bits per heavy atom. The average Bonchev–Trinajstić information content (AvgIpc) is 2.34. The highest BCUT2D eigenvalue weighted by atomic mass is 16.6. The van der Waals surface area contributed by atoms with E-state index in [1.165, 1.54) is 19.2 Å². The second kappa shape index (κ2) is 6.43. The number of carbonyl (C=O) groups is 1. The van der Waals surface area contributed by atoms with E-state index in [1.807, 2.05) is 0 Å². The standard InChI is InChI=1S/C11H15N3O4/c1-18-10-6-8(5-9(7-10)14(16)17)13-4-2-3-11(12)15/h5-7,13H,2-4H2,1H3,(H2,12,15). The first-order valence-corrected chi connectivity index (χ1v) is 5.38. The van der Waals surface area contributed by atoms with Crippen LogP contribution in [0, 0.1) is 10.1 Å². The highest BCUT2D eigenvalue weighted by molar-refractivity contribution is 5.73. The Morgan fingerprint density at radius 3 is 2.78 bits per heavy atom. The molecule has 1 aromatic rings. The van der Waals surface area contributed by atoms with Crippen LogP contribution in [0.3, 0.4) is 0 Å². The van der Waals surface area contributed by atoms with Gasteiger partial charge in [-0.05, 0) is 6.42 Å². The third kappa shape index (κ3) is 4.28. The van der Waals surface area contributed by atoms with Crippen LogP contribution in [0.25, 0.3) is 0 Å². The molecule has 0 heterocycles. The van der Waals surface area contributed by atoms with Crippen molar-refractivity contribution in [3.8, 4) is 5.75 Å². The molecule has 0 bridgehead atoms. The lowest BCUT2D eigenvalue weighted by Crippen LogP contribution is -2.12. The van der Waals surface area contributed by atoms with E-state index in [0.717, 1.165) is 0 Å². The lowest BCUT2D eigenvalue weighted by Gasteiger charge is -2.07. The molecule has 0 atom stereocenters. The summed E-state index contributed by atoms with van der Waals surface area (Å²) in [7, 11) is 1.44. The molecule has 0 saturated carbocycles. The van der Waals surface area contributed by atoms with Gasteiger partial charge in [-0.3, -0.25) is 14.9 Å². The van der Waals surface area contributed by atoms with Crippen LogP contribution in [-0.2, 0) is 4.79 Å². The quantitative estimate of drug-likeness (QED) is 0.432. The molecule has 0 radical (unpaired) electrons. The number of nitro benzene ring substituents is 1. The van der Waals surface area contributed by atoms with Gasteiger partial charge in [0.25, 0.3) is 5.69 Å². The van der Waals surface area contributed by atoms with Gasteiger partial charge < -0.3 is 15.8 Å². The van der Waals surface area contributed by atoms with Gasteiger partial charge >= 0.3 is 0 Å². The van der Waals surface area contributed by atoms with E-state index in [4.69, 9.17) is 10.5 Å². The van der Waals surface area contributed by atoms with E-state index in [-0.39, 0.29) is 18.0 Å². The molecule has 0 aliphatic rings. The molecule has 0 aliphatic heterocycles. The van der Waals surface area contributed by atoms with Crippen molar-refractivity contribution < 1.29 is 14.5 Å². The molecule has 0 aromatic heterocycles. The van der Waals surface area contributed by atoms with Gasteiger partial charge in [0.05, 0.1) is 18.1 Å². The zero-order valence-electron chi connectivity index (χ0n) is 10.0. The van der Waals surface area contributed by atoms with Gasteiger partial charge in [0.15, 0.2) is 0 Å². The molecular formula is C11H15N3O4. The highest BCUT2D eigenvalue weighted by Gasteiger charge is 2.09. The summed E-state index contributed by atoms with van der Waals surface area (Å²) in [6, 6.07) is 4.40. The fraction of sp³-hybridized carbons (Fsp3) is 0.364. The van der Waals surface area contributed by atoms with Crippen LogP contribution in [0.15, 0.2) is 18.2 Å². The van der Waals surface area contributed by atoms with Crippen molar-refractivity contribution >= 4 is 17.3 Å². The molecule has 1 rings (SSSR count). The van der Waals surface area contributed by atoms with Crippen LogP contribution >= 0.6 is 0 Å². The third-order valence-electron chi connectivity index (χ3n) is 2.27. The maximum Gasteiger partial charge on any atom is 0.275 e. The number of carbonyl (C=O) groups excluding carboxylic acids is 1. The van der Waals surface area contributed by atoms with Crippen LogP contribution in [0.1, 0.15) is 12.8 Å². The van der Waals surface area contributed by atoms with E-state index in [0.29, 0.717) is 24.4 Å². The monoisotopic (exact) mass is 253 g/mol. The minimum absolute atomic E-state index is 0.0493. The summed E-state index contributed by atoms with van der Waals surface area (Å²) >= 11 is 0. The number of rotatable bonds is 7. The fourth-order valence-electron chi connectivity index (χ4n) is 1.40. The number of ether oxygens (including phenoxy) is 1. The van der Waals surface area contributed by atoms with E-state index in [2.05, 4.69) is 5.32 Å². The van der Waals surface area contributed by atoms with Gasteiger partial charge in [0.1, 0.15) is 5.75 Å². The molecule has 98 valence electrons. The minimum Gasteiger partial charge on any atom is -0.496 e. The van der Waals surface area contributed by atoms with Crippen LogP contribution in [0.2, 0.25) is 0 Å². The number of hydrogen-bond donors (Lipinski definition) is 2. The summed E-state index contributed by atoms with van der Waals surface area (Å²) in [6.45, 7) is 0.507. The molecule has 18 heavy (non-hydrogen) atoms. The number of benzene rings is 1. The van der Waals surface area contributed by atoms with E-state index in [1.54, 1.807) is 6.07 Å². The van der Waals surface area contributed by atoms with Crippen molar-refractivity contribution in [3.63, 3.8) is 0 Å². The number of anilines is 1. The first-order chi connectivity index (χ1) is 8.52. The van der Waals surface area contributed by atoms with E-state index in [9.17, 15) is 14.9 Å². The molecular weight excluding hydrogens is 238 g/mol. The number of amides is 1. The second-order valence-electron chi connectivity index (χ2n) is 3.67. The largest absolute Gasteiger partial charge is 0.496 e. The lowest BCUT2D eigenvalue weighted by molar-refractivity contribution is -0.384. The Balaban J connectivity index is 2.66. The third-order valence-corrected chi connectivity index (χ3v) is 2.27. The fourth-order valence-corrected chi connectivity index (χ4v) is 1.40. The SMILES string of the molecule is COc1cc(NCCCC(N)=O)cc([N+](=O)[O-])c1. The Hall–Kier alpha value is -2.31. The van der Waals surface area contributed by atoms with Gasteiger partial charge in [-0.1, -0.05) is 0 Å². The summed E-state index contributed by atoms with van der Waals surface area (Å²) in [5, 5.41) is 13.7. The Bertz CT molecular complexity index is 448. The molecule has 0 unspecified atom stereocenters. The van der Waals surface area contributed by atoms with Crippen LogP contribution < -0.4 is 15.8 Å². The second-order valence-corrected chi connectivity index (χ2v) is 3.67. The molecule has 0 spiro atoms. The van der Waals surface area contributed by atoms with Crippen LogP contribution in [-0.4, -0.2) is 24.5 Å². The zero-order chi connectivity index (χ0) is 13.5. The van der Waals surface area contributed by atoms with Crippen LogP contribution in [0.4, 0.5) is 11.4 Å². The molecule has 7 nitrogen and oxygen atoms in total. The summed E-state index contributed by atoms with van der Waals surface area (Å²) in [4.78, 5) is 20.8. The van der Waals surface area contributed by atoms with Crippen molar-refractivity contribution in [2.24, 2.45) is 5.73 Å². The smallest absolute Gasteiger partial charge is 0.275 e. The molecule has 1 amide bonds. The van der Waals surface area contributed by atoms with Crippen LogP contribution in [0.5, 0.6) is 5.75 Å². The molecule has 7 heteroatoms. The first-order valence-electron chi connectivity index (χ1n) is 5.38. The van der Waals surface area contributed by atoms with Crippen molar-refractivity contribution in [2.45, 2.75) is 12.8 Å². The van der Waals surface area contributed by atoms with Gasteiger partial charge in [-0.2, -0.15) is 0 Å². The predicted molar refractivity (Wildman–Crippen MR) is 66.6 cm³/mol. The van der Waals surface area contributed by atoms with Gasteiger partial charge in [0.2, 0.25) is 5.91 Å². The number of nitrogens with two attached hydrogens (primary N) is 1. The number of primary amides is 1. The van der Waals surface area contributed by atoms with Crippen molar-refractivity contribution in [3.05, 3.63) is 28.3 Å². The summed E-state index contributed by atoms with van der Waals surface area (Å²) in [5.41, 5.74) is 5.53. The number of hydrogen-bond acceptors (Lipinski definition) is 5. The molecule has 0 saturated heterocycles. The average molecular weight is 253 g/mol. The lowest BCUT2D eigenvalue weighted by atomic mass is 10.2. The summed E-state index contributed by atoms with van der Waals surface area (Å²) in [6.07, 6.45) is 0.847. The summed E-state index contributed by atoms with van der Waals surface area (Å²) in [5.74, 6) is 0.0371. The van der Waals surface area contributed by atoms with Crippen molar-refractivity contribution in [1.29, 1.82) is 0 Å². The molecule has 3 N–H and O–H groups in total. The normalized spacial score (nSPS) is 9.83. The maximum atomic E-state index is 10.7. The number of methoxy groups -OCH3 is 1. The van der Waals surface area contributed by atoms with Gasteiger partial charge in [0, 0.05) is 30.8 Å². The van der Waals surface area contributed by atoms with E-state index >= 15 is 0 Å². The first kappa shape index (κ1) is 13.8.